The molecule has 1 aromatic carbocycles. The predicted octanol–water partition coefficient (Wildman–Crippen LogP) is 4.29. The Labute approximate surface area is 119 Å². The zero-order chi connectivity index (χ0) is 13.7. The molecule has 0 bridgehead atoms. The number of carbonyl (C=O) groups is 1. The van der Waals surface area contributed by atoms with E-state index >= 15 is 0 Å². The van der Waals surface area contributed by atoms with Gasteiger partial charge in [0.2, 0.25) is 0 Å². The maximum absolute atomic E-state index is 11.2. The monoisotopic (exact) mass is 280 g/mol. The molecule has 0 aliphatic heterocycles. The van der Waals surface area contributed by atoms with E-state index in [9.17, 15) is 9.90 Å². The van der Waals surface area contributed by atoms with Crippen molar-refractivity contribution in [3.63, 3.8) is 0 Å². The highest BCUT2D eigenvalue weighted by Gasteiger charge is 2.34. The number of rotatable bonds is 5. The number of aliphatic carboxylic acids is 1. The third-order valence-corrected chi connectivity index (χ3v) is 4.54. The highest BCUT2D eigenvalue weighted by atomic mass is 35.5. The van der Waals surface area contributed by atoms with Gasteiger partial charge in [-0.05, 0) is 49.5 Å². The molecule has 2 rings (SSSR count). The lowest BCUT2D eigenvalue weighted by atomic mass is 9.70. The van der Waals surface area contributed by atoms with E-state index in [-0.39, 0.29) is 5.92 Å². The first-order chi connectivity index (χ1) is 9.22. The second kappa shape index (κ2) is 6.95. The van der Waals surface area contributed by atoms with E-state index in [1.165, 1.54) is 5.56 Å². The van der Waals surface area contributed by atoms with Gasteiger partial charge in [0.15, 0.2) is 0 Å². The van der Waals surface area contributed by atoms with E-state index in [2.05, 4.69) is 24.3 Å². The molecule has 1 aromatic rings. The molecule has 1 saturated carbocycles. The predicted molar refractivity (Wildman–Crippen MR) is 77.6 cm³/mol. The van der Waals surface area contributed by atoms with Gasteiger partial charge in [-0.15, -0.1) is 11.6 Å². The summed E-state index contributed by atoms with van der Waals surface area (Å²) in [7, 11) is 0. The van der Waals surface area contributed by atoms with Crippen molar-refractivity contribution in [1.82, 2.24) is 0 Å². The zero-order valence-corrected chi connectivity index (χ0v) is 11.9. The van der Waals surface area contributed by atoms with Crippen LogP contribution in [0, 0.1) is 11.8 Å². The highest BCUT2D eigenvalue weighted by Crippen LogP contribution is 2.42. The molecule has 104 valence electrons. The lowest BCUT2D eigenvalue weighted by molar-refractivity contribution is -0.143. The molecule has 1 aliphatic carbocycles. The van der Waals surface area contributed by atoms with Gasteiger partial charge < -0.3 is 5.11 Å². The van der Waals surface area contributed by atoms with E-state index in [4.69, 9.17) is 11.6 Å². The first kappa shape index (κ1) is 14.4. The molecule has 1 N–H and O–H groups in total. The van der Waals surface area contributed by atoms with Gasteiger partial charge in [-0.25, -0.2) is 0 Å². The van der Waals surface area contributed by atoms with Crippen LogP contribution in [-0.2, 0) is 4.79 Å². The van der Waals surface area contributed by atoms with Gasteiger partial charge >= 0.3 is 5.97 Å². The Morgan fingerprint density at radius 1 is 1.26 bits per heavy atom. The number of carboxylic acids is 1. The highest BCUT2D eigenvalue weighted by molar-refractivity contribution is 6.17. The van der Waals surface area contributed by atoms with Gasteiger partial charge in [0.25, 0.3) is 0 Å². The molecule has 0 radical (unpaired) electrons. The van der Waals surface area contributed by atoms with Crippen LogP contribution in [0.3, 0.4) is 0 Å². The number of benzene rings is 1. The van der Waals surface area contributed by atoms with E-state index in [1.807, 2.05) is 6.07 Å². The van der Waals surface area contributed by atoms with E-state index < -0.39 is 5.97 Å². The molecule has 3 heteroatoms. The minimum atomic E-state index is -0.637. The molecule has 1 aliphatic rings. The Hall–Kier alpha value is -1.02. The fourth-order valence-corrected chi connectivity index (χ4v) is 3.44. The summed E-state index contributed by atoms with van der Waals surface area (Å²) in [5, 5.41) is 9.21. The molecule has 0 saturated heterocycles. The number of halogens is 1. The van der Waals surface area contributed by atoms with Crippen LogP contribution >= 0.6 is 11.6 Å². The Bertz CT molecular complexity index is 404. The minimum absolute atomic E-state index is 0.166. The van der Waals surface area contributed by atoms with Crippen molar-refractivity contribution in [3.05, 3.63) is 35.9 Å². The molecule has 0 aromatic heterocycles. The second-order valence-electron chi connectivity index (χ2n) is 5.46. The molecule has 1 fully saturated rings. The van der Waals surface area contributed by atoms with Crippen molar-refractivity contribution in [2.24, 2.45) is 11.8 Å². The van der Waals surface area contributed by atoms with Crippen molar-refractivity contribution in [1.29, 1.82) is 0 Å². The molecule has 3 unspecified atom stereocenters. The Morgan fingerprint density at radius 2 is 2.00 bits per heavy atom. The molecule has 0 amide bonds. The third-order valence-electron chi connectivity index (χ3n) is 4.27. The largest absolute Gasteiger partial charge is 0.481 e. The van der Waals surface area contributed by atoms with Gasteiger partial charge in [-0.1, -0.05) is 30.3 Å². The van der Waals surface area contributed by atoms with Gasteiger partial charge in [-0.3, -0.25) is 4.79 Å². The topological polar surface area (TPSA) is 37.3 Å². The quantitative estimate of drug-likeness (QED) is 0.817. The summed E-state index contributed by atoms with van der Waals surface area (Å²) in [5.74, 6) is 0.814. The molecule has 0 heterocycles. The average Bonchev–Trinajstić information content (AvgIpc) is 2.45. The lowest BCUT2D eigenvalue weighted by Gasteiger charge is -2.35. The van der Waals surface area contributed by atoms with Crippen LogP contribution in [0.1, 0.15) is 43.6 Å². The molecule has 0 spiro atoms. The lowest BCUT2D eigenvalue weighted by Crippen LogP contribution is -2.28. The molecular formula is C16H21ClO2. The van der Waals surface area contributed by atoms with Crippen LogP contribution in [0.15, 0.2) is 30.3 Å². The molecule has 19 heavy (non-hydrogen) atoms. The van der Waals surface area contributed by atoms with Crippen molar-refractivity contribution in [2.75, 3.05) is 5.88 Å². The Kier molecular flexibility index (Phi) is 5.26. The Balaban J connectivity index is 2.10. The number of hydrogen-bond donors (Lipinski definition) is 1. The number of alkyl halides is 1. The SMILES string of the molecule is O=C(O)C1CCC(c2ccccc2)C(CCCCl)C1. The van der Waals surface area contributed by atoms with Gasteiger partial charge in [0.05, 0.1) is 5.92 Å². The first-order valence-electron chi connectivity index (χ1n) is 7.06. The maximum Gasteiger partial charge on any atom is 0.306 e. The summed E-state index contributed by atoms with van der Waals surface area (Å²) < 4.78 is 0. The van der Waals surface area contributed by atoms with Gasteiger partial charge in [-0.2, -0.15) is 0 Å². The van der Waals surface area contributed by atoms with Crippen LogP contribution in [-0.4, -0.2) is 17.0 Å². The van der Waals surface area contributed by atoms with E-state index in [0.29, 0.717) is 17.7 Å². The maximum atomic E-state index is 11.2. The van der Waals surface area contributed by atoms with Crippen LogP contribution < -0.4 is 0 Å². The average molecular weight is 281 g/mol. The molecule has 2 nitrogen and oxygen atoms in total. The van der Waals surface area contributed by atoms with Gasteiger partial charge in [0, 0.05) is 5.88 Å². The smallest absolute Gasteiger partial charge is 0.306 e. The van der Waals surface area contributed by atoms with E-state index in [1.54, 1.807) is 0 Å². The standard InChI is InChI=1S/C16H21ClO2/c17-10-4-7-13-11-14(16(18)19)8-9-15(13)12-5-2-1-3-6-12/h1-3,5-6,13-15H,4,7-11H2,(H,18,19). The van der Waals surface area contributed by atoms with Crippen molar-refractivity contribution >= 4 is 17.6 Å². The van der Waals surface area contributed by atoms with Crippen LogP contribution in [0.5, 0.6) is 0 Å². The number of carboxylic acid groups (broad SMARTS) is 1. The Morgan fingerprint density at radius 3 is 2.63 bits per heavy atom. The summed E-state index contributed by atoms with van der Waals surface area (Å²) in [6.45, 7) is 0. The normalized spacial score (nSPS) is 27.1. The zero-order valence-electron chi connectivity index (χ0n) is 11.1. The molecular weight excluding hydrogens is 260 g/mol. The van der Waals surface area contributed by atoms with Gasteiger partial charge in [0.1, 0.15) is 0 Å². The van der Waals surface area contributed by atoms with Crippen LogP contribution in [0.4, 0.5) is 0 Å². The van der Waals surface area contributed by atoms with Crippen molar-refractivity contribution in [3.8, 4) is 0 Å². The fraction of sp³-hybridized carbons (Fsp3) is 0.562. The molecule has 3 atom stereocenters. The minimum Gasteiger partial charge on any atom is -0.481 e. The number of hydrogen-bond acceptors (Lipinski definition) is 1. The van der Waals surface area contributed by atoms with Crippen molar-refractivity contribution in [2.45, 2.75) is 38.0 Å². The second-order valence-corrected chi connectivity index (χ2v) is 5.83. The summed E-state index contributed by atoms with van der Waals surface area (Å²) in [6.07, 6.45) is 4.58. The van der Waals surface area contributed by atoms with Crippen molar-refractivity contribution < 1.29 is 9.90 Å². The van der Waals surface area contributed by atoms with Crippen LogP contribution in [0.25, 0.3) is 0 Å². The fourth-order valence-electron chi connectivity index (χ4n) is 3.29. The third kappa shape index (κ3) is 3.73. The van der Waals surface area contributed by atoms with Crippen LogP contribution in [0.2, 0.25) is 0 Å². The summed E-state index contributed by atoms with van der Waals surface area (Å²) in [6, 6.07) is 10.5. The summed E-state index contributed by atoms with van der Waals surface area (Å²) >= 11 is 5.80. The summed E-state index contributed by atoms with van der Waals surface area (Å²) in [5.41, 5.74) is 1.35. The summed E-state index contributed by atoms with van der Waals surface area (Å²) in [4.78, 5) is 11.2. The van der Waals surface area contributed by atoms with E-state index in [0.717, 1.165) is 32.1 Å². The first-order valence-corrected chi connectivity index (χ1v) is 7.59.